The van der Waals surface area contributed by atoms with E-state index in [9.17, 15) is 22.9 Å². The molecule has 1 unspecified atom stereocenters. The number of hydrogen-bond acceptors (Lipinski definition) is 5. The molecule has 3 fully saturated rings. The summed E-state index contributed by atoms with van der Waals surface area (Å²) in [6.45, 7) is 5.91. The normalized spacial score (nSPS) is 47.0. The Morgan fingerprint density at radius 1 is 1.11 bits per heavy atom. The van der Waals surface area contributed by atoms with Crippen molar-refractivity contribution in [3.8, 4) is 0 Å². The lowest BCUT2D eigenvalue weighted by molar-refractivity contribution is -0.158. The number of rotatable bonds is 3. The summed E-state index contributed by atoms with van der Waals surface area (Å²) in [5.74, 6) is 1.36. The van der Waals surface area contributed by atoms with E-state index in [4.69, 9.17) is 4.18 Å². The molecule has 0 aromatic carbocycles. The van der Waals surface area contributed by atoms with Crippen LogP contribution in [0, 0.1) is 28.6 Å². The molecule has 0 bridgehead atoms. The number of hydrogen-bond donors (Lipinski definition) is 2. The van der Waals surface area contributed by atoms with Gasteiger partial charge in [-0.05, 0) is 81.1 Å². The number of allylic oxidation sites excluding steroid dienone is 1. The molecular weight excluding hydrogens is 380 g/mol. The molecule has 0 radical (unpaired) electrons. The predicted molar refractivity (Wildman–Crippen MR) is 104 cm³/mol. The van der Waals surface area contributed by atoms with E-state index < -0.39 is 27.5 Å². The van der Waals surface area contributed by atoms with E-state index in [-0.39, 0.29) is 17.1 Å². The Morgan fingerprint density at radius 2 is 1.79 bits per heavy atom. The first-order valence-electron chi connectivity index (χ1n) is 10.5. The lowest BCUT2D eigenvalue weighted by atomic mass is 9.46. The summed E-state index contributed by atoms with van der Waals surface area (Å²) in [6.07, 6.45) is 7.16. The zero-order valence-electron chi connectivity index (χ0n) is 17.0. The summed E-state index contributed by atoms with van der Waals surface area (Å²) >= 11 is 0. The molecule has 28 heavy (non-hydrogen) atoms. The van der Waals surface area contributed by atoms with Gasteiger partial charge in [0.25, 0.3) is 0 Å². The van der Waals surface area contributed by atoms with Gasteiger partial charge in [0.1, 0.15) is 5.60 Å². The van der Waals surface area contributed by atoms with Crippen LogP contribution in [0.3, 0.4) is 0 Å². The van der Waals surface area contributed by atoms with Gasteiger partial charge in [-0.2, -0.15) is 8.42 Å². The third kappa shape index (κ3) is 2.76. The molecule has 3 saturated carbocycles. The van der Waals surface area contributed by atoms with E-state index in [0.717, 1.165) is 38.5 Å². The molecule has 0 aliphatic heterocycles. The molecule has 0 aromatic heterocycles. The van der Waals surface area contributed by atoms with Crippen molar-refractivity contribution in [1.29, 1.82) is 0 Å². The van der Waals surface area contributed by atoms with Gasteiger partial charge in [-0.1, -0.05) is 19.4 Å². The first kappa shape index (κ1) is 20.5. The van der Waals surface area contributed by atoms with Crippen LogP contribution in [0.5, 0.6) is 0 Å². The first-order valence-corrected chi connectivity index (χ1v) is 11.9. The Hall–Kier alpha value is -0.760. The summed E-state index contributed by atoms with van der Waals surface area (Å²) in [5.41, 5.74) is -0.462. The highest BCUT2D eigenvalue weighted by atomic mass is 32.3. The summed E-state index contributed by atoms with van der Waals surface area (Å²) < 4.78 is 38.0. The van der Waals surface area contributed by atoms with Crippen molar-refractivity contribution >= 4 is 16.2 Å². The number of aliphatic hydroxyl groups excluding tert-OH is 1. The van der Waals surface area contributed by atoms with Crippen LogP contribution in [0.15, 0.2) is 11.6 Å². The summed E-state index contributed by atoms with van der Waals surface area (Å²) in [6, 6.07) is 0. The van der Waals surface area contributed by atoms with Crippen LogP contribution in [-0.2, 0) is 19.4 Å². The minimum Gasteiger partial charge on any atom is -0.390 e. The fourth-order valence-corrected chi connectivity index (χ4v) is 8.46. The minimum atomic E-state index is -4.67. The fraction of sp³-hybridized carbons (Fsp3) is 0.857. The Labute approximate surface area is 167 Å². The van der Waals surface area contributed by atoms with Crippen molar-refractivity contribution in [2.45, 2.75) is 83.8 Å². The summed E-state index contributed by atoms with van der Waals surface area (Å²) in [5, 5.41) is 10.6. The van der Waals surface area contributed by atoms with Gasteiger partial charge < -0.3 is 5.11 Å². The largest absolute Gasteiger partial charge is 0.398 e. The monoisotopic (exact) mass is 412 g/mol. The zero-order chi connectivity index (χ0) is 20.5. The molecule has 0 spiro atoms. The van der Waals surface area contributed by atoms with Crippen molar-refractivity contribution in [2.75, 3.05) is 0 Å². The second kappa shape index (κ2) is 6.37. The van der Waals surface area contributed by atoms with Crippen molar-refractivity contribution in [1.82, 2.24) is 0 Å². The quantitative estimate of drug-likeness (QED) is 0.689. The van der Waals surface area contributed by atoms with Crippen molar-refractivity contribution in [3.05, 3.63) is 11.6 Å². The number of fused-ring (bicyclic) bond motifs is 5. The van der Waals surface area contributed by atoms with Crippen molar-refractivity contribution < 1.29 is 27.1 Å². The Morgan fingerprint density at radius 3 is 2.43 bits per heavy atom. The average molecular weight is 413 g/mol. The third-order valence-corrected chi connectivity index (χ3v) is 9.58. The molecule has 7 atom stereocenters. The van der Waals surface area contributed by atoms with Crippen LogP contribution in [-0.4, -0.2) is 35.6 Å². The van der Waals surface area contributed by atoms with Gasteiger partial charge in [0.05, 0.1) is 6.10 Å². The van der Waals surface area contributed by atoms with Crippen molar-refractivity contribution in [2.24, 2.45) is 28.6 Å². The standard InChI is InChI=1S/C21H32O6S/c1-13(22)21(27-28(24,25)26)11-8-18-16-5-4-14-12-15(23)6-9-19(14,2)17(16)7-10-20(18,21)3/h12-13,16-18,22H,4-11H2,1-3H3,(H,24,25,26)/t13-,16-,17?,18+,19+,20+,21+/m1/s1. The van der Waals surface area contributed by atoms with Gasteiger partial charge in [0, 0.05) is 11.8 Å². The maximum absolute atomic E-state index is 11.9. The summed E-state index contributed by atoms with van der Waals surface area (Å²) in [7, 11) is -4.67. The highest BCUT2D eigenvalue weighted by Gasteiger charge is 2.67. The molecule has 0 heterocycles. The van der Waals surface area contributed by atoms with Gasteiger partial charge in [-0.25, -0.2) is 4.18 Å². The van der Waals surface area contributed by atoms with Crippen LogP contribution in [0.2, 0.25) is 0 Å². The van der Waals surface area contributed by atoms with E-state index in [1.54, 1.807) is 6.92 Å². The van der Waals surface area contributed by atoms with Gasteiger partial charge in [0.2, 0.25) is 0 Å². The maximum Gasteiger partial charge on any atom is 0.398 e. The molecule has 7 heteroatoms. The summed E-state index contributed by atoms with van der Waals surface area (Å²) in [4.78, 5) is 11.9. The Kier molecular flexibility index (Phi) is 4.66. The van der Waals surface area contributed by atoms with E-state index in [1.165, 1.54) is 5.57 Å². The molecule has 4 aliphatic rings. The highest BCUT2D eigenvalue weighted by Crippen LogP contribution is 2.68. The first-order chi connectivity index (χ1) is 12.9. The molecule has 0 saturated heterocycles. The SMILES string of the molecule is C[C@@H](O)[C@@]1(OS(=O)(=O)O)CC[C@H]2[C@@H]3CCC4=CC(=O)CC[C@]4(C)C3CC[C@@]21C. The van der Waals surface area contributed by atoms with Crippen LogP contribution in [0.25, 0.3) is 0 Å². The second-order valence-corrected chi connectivity index (χ2v) is 11.1. The predicted octanol–water partition coefficient (Wildman–Crippen LogP) is 3.46. The number of carbonyl (C=O) groups is 1. The molecule has 6 nitrogen and oxygen atoms in total. The number of aliphatic hydroxyl groups is 1. The average Bonchev–Trinajstić information content (AvgIpc) is 2.88. The molecule has 0 amide bonds. The highest BCUT2D eigenvalue weighted by molar-refractivity contribution is 7.80. The zero-order valence-corrected chi connectivity index (χ0v) is 17.8. The topological polar surface area (TPSA) is 101 Å². The van der Waals surface area contributed by atoms with Crippen molar-refractivity contribution in [3.63, 3.8) is 0 Å². The van der Waals surface area contributed by atoms with E-state index in [2.05, 4.69) is 6.92 Å². The minimum absolute atomic E-state index is 0.0398. The van der Waals surface area contributed by atoms with Crippen LogP contribution < -0.4 is 0 Å². The molecule has 4 aliphatic carbocycles. The molecule has 158 valence electrons. The smallest absolute Gasteiger partial charge is 0.390 e. The van der Waals surface area contributed by atoms with Gasteiger partial charge in [0.15, 0.2) is 5.78 Å². The second-order valence-electron chi connectivity index (χ2n) is 10.0. The van der Waals surface area contributed by atoms with Gasteiger partial charge >= 0.3 is 10.4 Å². The number of carbonyl (C=O) groups excluding carboxylic acids is 1. The maximum atomic E-state index is 11.9. The molecular formula is C21H32O6S. The molecule has 4 rings (SSSR count). The number of ketones is 1. The lowest BCUT2D eigenvalue weighted by Crippen LogP contribution is -2.59. The van der Waals surface area contributed by atoms with Gasteiger partial charge in [-0.3, -0.25) is 9.35 Å². The molecule has 2 N–H and O–H groups in total. The van der Waals surface area contributed by atoms with Gasteiger partial charge in [-0.15, -0.1) is 0 Å². The third-order valence-electron chi connectivity index (χ3n) is 9.07. The van der Waals surface area contributed by atoms with E-state index in [1.807, 2.05) is 13.0 Å². The fourth-order valence-electron chi connectivity index (χ4n) is 7.67. The van der Waals surface area contributed by atoms with Crippen LogP contribution >= 0.6 is 0 Å². The van der Waals surface area contributed by atoms with Crippen LogP contribution in [0.4, 0.5) is 0 Å². The Balaban J connectivity index is 1.71. The van der Waals surface area contributed by atoms with E-state index >= 15 is 0 Å². The van der Waals surface area contributed by atoms with Crippen LogP contribution in [0.1, 0.15) is 72.1 Å². The lowest BCUT2D eigenvalue weighted by Gasteiger charge is -2.59. The molecule has 0 aromatic rings. The Bertz CT molecular complexity index is 817. The van der Waals surface area contributed by atoms with E-state index in [0.29, 0.717) is 24.7 Å².